The molecule has 0 aliphatic rings. The molecular formula is C13H13N2O3S-. The maximum atomic E-state index is 10.4. The maximum Gasteiger partial charge on any atom is 0.188 e. The summed E-state index contributed by atoms with van der Waals surface area (Å²) in [5.41, 5.74) is 1.57. The van der Waals surface area contributed by atoms with Gasteiger partial charge in [-0.2, -0.15) is 0 Å². The molecule has 0 spiro atoms. The summed E-state index contributed by atoms with van der Waals surface area (Å²) in [5, 5.41) is 11.8. The summed E-state index contributed by atoms with van der Waals surface area (Å²) in [6.45, 7) is 4.39. The van der Waals surface area contributed by atoms with E-state index >= 15 is 0 Å². The van der Waals surface area contributed by atoms with E-state index in [-0.39, 0.29) is 5.75 Å². The van der Waals surface area contributed by atoms with Gasteiger partial charge in [0.05, 0.1) is 18.1 Å². The van der Waals surface area contributed by atoms with Crippen LogP contribution in [0.25, 0.3) is 10.9 Å². The third-order valence-corrected chi connectivity index (χ3v) is 3.29. The molecule has 0 N–H and O–H groups in total. The molecule has 0 radical (unpaired) electrons. The van der Waals surface area contributed by atoms with Crippen LogP contribution in [0.2, 0.25) is 0 Å². The Labute approximate surface area is 115 Å². The van der Waals surface area contributed by atoms with Gasteiger partial charge < -0.3 is 14.6 Å². The summed E-state index contributed by atoms with van der Waals surface area (Å²) in [7, 11) is 0. The lowest BCUT2D eigenvalue weighted by atomic mass is 10.2. The van der Waals surface area contributed by atoms with Crippen LogP contribution in [0, 0.1) is 6.92 Å². The van der Waals surface area contributed by atoms with Gasteiger partial charge in [0.1, 0.15) is 5.75 Å². The number of carbonyl (C=O) groups excluding carboxylic acids is 1. The molecule has 6 heteroatoms. The number of aryl methyl sites for hydroxylation is 1. The van der Waals surface area contributed by atoms with Crippen LogP contribution in [0.1, 0.15) is 12.6 Å². The van der Waals surface area contributed by atoms with Crippen LogP contribution in [0.4, 0.5) is 0 Å². The van der Waals surface area contributed by atoms with Crippen molar-refractivity contribution in [2.24, 2.45) is 0 Å². The molecule has 2 aromatic rings. The number of thioether (sulfide) groups is 1. The molecule has 0 amide bonds. The molecular weight excluding hydrogens is 264 g/mol. The van der Waals surface area contributed by atoms with Gasteiger partial charge in [0, 0.05) is 16.8 Å². The third kappa shape index (κ3) is 3.35. The number of hydrogen-bond donors (Lipinski definition) is 0. The summed E-state index contributed by atoms with van der Waals surface area (Å²) in [6.07, 6.45) is 0. The molecule has 1 heterocycles. The lowest BCUT2D eigenvalue weighted by Gasteiger charge is -2.08. The lowest BCUT2D eigenvalue weighted by Crippen LogP contribution is -2.24. The van der Waals surface area contributed by atoms with Crippen LogP contribution in [0.3, 0.4) is 0 Å². The van der Waals surface area contributed by atoms with E-state index in [0.29, 0.717) is 11.8 Å². The van der Waals surface area contributed by atoms with E-state index in [4.69, 9.17) is 4.74 Å². The van der Waals surface area contributed by atoms with Crippen molar-refractivity contribution in [2.45, 2.75) is 19.0 Å². The first-order valence-electron chi connectivity index (χ1n) is 5.84. The number of fused-ring (bicyclic) bond motifs is 1. The van der Waals surface area contributed by atoms with E-state index in [2.05, 4.69) is 9.97 Å². The molecule has 0 saturated carbocycles. The average molecular weight is 277 g/mol. The maximum absolute atomic E-state index is 10.4. The highest BCUT2D eigenvalue weighted by molar-refractivity contribution is 7.99. The first-order chi connectivity index (χ1) is 9.10. The SMILES string of the molecule is CCOc1ccc2nc(SCC(=O)[O-])nc(C)c2c1. The molecule has 0 saturated heterocycles. The summed E-state index contributed by atoms with van der Waals surface area (Å²) < 4.78 is 5.43. The number of aliphatic carboxylic acids is 1. The Morgan fingerprint density at radius 1 is 1.42 bits per heavy atom. The topological polar surface area (TPSA) is 75.1 Å². The third-order valence-electron chi connectivity index (χ3n) is 2.47. The second kappa shape index (κ2) is 5.88. The van der Waals surface area contributed by atoms with Gasteiger partial charge in [0.25, 0.3) is 0 Å². The Kier molecular flexibility index (Phi) is 4.21. The summed E-state index contributed by atoms with van der Waals surface area (Å²) >= 11 is 1.06. The van der Waals surface area contributed by atoms with E-state index in [1.807, 2.05) is 32.0 Å². The van der Waals surface area contributed by atoms with Crippen molar-refractivity contribution in [2.75, 3.05) is 12.4 Å². The zero-order valence-corrected chi connectivity index (χ0v) is 11.5. The highest BCUT2D eigenvalue weighted by atomic mass is 32.2. The highest BCUT2D eigenvalue weighted by Crippen LogP contribution is 2.24. The van der Waals surface area contributed by atoms with E-state index in [0.717, 1.165) is 34.1 Å². The lowest BCUT2D eigenvalue weighted by molar-refractivity contribution is -0.301. The summed E-state index contributed by atoms with van der Waals surface area (Å²) in [5.74, 6) is -0.503. The first kappa shape index (κ1) is 13.6. The van der Waals surface area contributed by atoms with Crippen molar-refractivity contribution >= 4 is 28.6 Å². The average Bonchev–Trinajstić information content (AvgIpc) is 2.37. The number of hydrogen-bond acceptors (Lipinski definition) is 6. The quantitative estimate of drug-likeness (QED) is 0.603. The normalized spacial score (nSPS) is 10.6. The van der Waals surface area contributed by atoms with Crippen LogP contribution >= 0.6 is 11.8 Å². The molecule has 100 valence electrons. The number of nitrogens with zero attached hydrogens (tertiary/aromatic N) is 2. The fraction of sp³-hybridized carbons (Fsp3) is 0.308. The molecule has 0 unspecified atom stereocenters. The number of rotatable bonds is 5. The summed E-state index contributed by atoms with van der Waals surface area (Å²) in [6, 6.07) is 5.57. The largest absolute Gasteiger partial charge is 0.549 e. The predicted octanol–water partition coefficient (Wildman–Crippen LogP) is 1.18. The van der Waals surface area contributed by atoms with Crippen molar-refractivity contribution in [1.29, 1.82) is 0 Å². The number of aromatic nitrogens is 2. The van der Waals surface area contributed by atoms with Crippen molar-refractivity contribution in [3.63, 3.8) is 0 Å². The van der Waals surface area contributed by atoms with Gasteiger partial charge in [-0.25, -0.2) is 9.97 Å². The van der Waals surface area contributed by atoms with E-state index in [1.54, 1.807) is 0 Å². The minimum Gasteiger partial charge on any atom is -0.549 e. The molecule has 0 aliphatic heterocycles. The van der Waals surface area contributed by atoms with Gasteiger partial charge in [0.2, 0.25) is 0 Å². The van der Waals surface area contributed by atoms with Crippen LogP contribution in [-0.4, -0.2) is 28.3 Å². The van der Waals surface area contributed by atoms with E-state index in [1.165, 1.54) is 0 Å². The zero-order valence-electron chi connectivity index (χ0n) is 10.7. The van der Waals surface area contributed by atoms with Gasteiger partial charge >= 0.3 is 0 Å². The van der Waals surface area contributed by atoms with Gasteiger partial charge in [-0.1, -0.05) is 11.8 Å². The van der Waals surface area contributed by atoms with E-state index in [9.17, 15) is 9.90 Å². The zero-order chi connectivity index (χ0) is 13.8. The molecule has 0 atom stereocenters. The number of benzene rings is 1. The minimum absolute atomic E-state index is 0.151. The van der Waals surface area contributed by atoms with Crippen molar-refractivity contribution in [3.8, 4) is 5.75 Å². The predicted molar refractivity (Wildman–Crippen MR) is 71.2 cm³/mol. The number of carbonyl (C=O) groups is 1. The van der Waals surface area contributed by atoms with Crippen LogP contribution in [-0.2, 0) is 4.79 Å². The molecule has 1 aromatic carbocycles. The van der Waals surface area contributed by atoms with Gasteiger partial charge in [-0.3, -0.25) is 0 Å². The minimum atomic E-state index is -1.13. The van der Waals surface area contributed by atoms with Crippen molar-refractivity contribution in [1.82, 2.24) is 9.97 Å². The smallest absolute Gasteiger partial charge is 0.188 e. The molecule has 5 nitrogen and oxygen atoms in total. The van der Waals surface area contributed by atoms with Gasteiger partial charge in [-0.15, -0.1) is 0 Å². The van der Waals surface area contributed by atoms with Crippen LogP contribution in [0.15, 0.2) is 23.4 Å². The van der Waals surface area contributed by atoms with Crippen molar-refractivity contribution < 1.29 is 14.6 Å². The number of carboxylic acid groups (broad SMARTS) is 1. The highest BCUT2D eigenvalue weighted by Gasteiger charge is 2.06. The van der Waals surface area contributed by atoms with Gasteiger partial charge in [-0.05, 0) is 32.0 Å². The fourth-order valence-electron chi connectivity index (χ4n) is 1.68. The Hall–Kier alpha value is -1.82. The fourth-order valence-corrected chi connectivity index (χ4v) is 2.29. The Bertz CT molecular complexity index is 616. The monoisotopic (exact) mass is 277 g/mol. The van der Waals surface area contributed by atoms with Crippen LogP contribution in [0.5, 0.6) is 5.75 Å². The second-order valence-corrected chi connectivity index (χ2v) is 4.81. The number of ether oxygens (including phenoxy) is 1. The Morgan fingerprint density at radius 2 is 2.21 bits per heavy atom. The molecule has 2 rings (SSSR count). The number of carboxylic acids is 1. The van der Waals surface area contributed by atoms with E-state index < -0.39 is 5.97 Å². The Morgan fingerprint density at radius 3 is 2.89 bits per heavy atom. The van der Waals surface area contributed by atoms with Crippen molar-refractivity contribution in [3.05, 3.63) is 23.9 Å². The van der Waals surface area contributed by atoms with Gasteiger partial charge in [0.15, 0.2) is 5.16 Å². The molecule has 0 fully saturated rings. The molecule has 1 aromatic heterocycles. The second-order valence-electron chi connectivity index (χ2n) is 3.86. The van der Waals surface area contributed by atoms with Crippen LogP contribution < -0.4 is 9.84 Å². The standard InChI is InChI=1S/C13H14N2O3S/c1-3-18-9-4-5-11-10(6-9)8(2)14-13(15-11)19-7-12(16)17/h4-6H,3,7H2,1-2H3,(H,16,17)/p-1. The Balaban J connectivity index is 2.35. The molecule has 0 aliphatic carbocycles. The molecule has 0 bridgehead atoms. The first-order valence-corrected chi connectivity index (χ1v) is 6.82. The summed E-state index contributed by atoms with van der Waals surface area (Å²) in [4.78, 5) is 19.0. The molecule has 19 heavy (non-hydrogen) atoms.